The van der Waals surface area contributed by atoms with E-state index >= 15 is 0 Å². The highest BCUT2D eigenvalue weighted by Gasteiger charge is 2.15. The van der Waals surface area contributed by atoms with Crippen LogP contribution in [0.4, 0.5) is 5.69 Å². The van der Waals surface area contributed by atoms with Crippen molar-refractivity contribution in [1.29, 1.82) is 0 Å². The third-order valence-electron chi connectivity index (χ3n) is 4.07. The first-order valence-electron chi connectivity index (χ1n) is 8.43. The zero-order chi connectivity index (χ0) is 19.1. The molecule has 1 unspecified atom stereocenters. The topological polar surface area (TPSA) is 61.2 Å². The highest BCUT2D eigenvalue weighted by Crippen LogP contribution is 2.28. The minimum atomic E-state index is -0.0856. The van der Waals surface area contributed by atoms with Gasteiger partial charge in [-0.05, 0) is 31.2 Å². The van der Waals surface area contributed by atoms with Crippen LogP contribution in [0.15, 0.2) is 36.4 Å². The van der Waals surface area contributed by atoms with Gasteiger partial charge in [0.2, 0.25) is 0 Å². The average molecular weight is 359 g/mol. The number of hydrogen-bond donors (Lipinski definition) is 2. The second-order valence-corrected chi connectivity index (χ2v) is 6.24. The Labute approximate surface area is 154 Å². The van der Waals surface area contributed by atoms with Crippen molar-refractivity contribution >= 4 is 11.6 Å². The van der Waals surface area contributed by atoms with E-state index in [1.54, 1.807) is 39.5 Å². The van der Waals surface area contributed by atoms with Crippen LogP contribution in [0.1, 0.15) is 11.1 Å². The number of carbonyl (C=O) groups excluding carboxylic acids is 1. The first-order chi connectivity index (χ1) is 12.5. The number of carbonyl (C=O) groups is 1. The van der Waals surface area contributed by atoms with E-state index in [-0.39, 0.29) is 5.91 Å². The molecule has 0 fully saturated rings. The Morgan fingerprint density at radius 2 is 1.73 bits per heavy atom. The SMILES string of the molecule is COc1ccc(NC(=O)C[NH+](C)Cc2cc(C)ccc2OC)c(OC)c1. The Bertz CT molecular complexity index is 761. The molecule has 0 heterocycles. The number of anilines is 1. The molecule has 0 radical (unpaired) electrons. The summed E-state index contributed by atoms with van der Waals surface area (Å²) in [4.78, 5) is 13.5. The maximum absolute atomic E-state index is 12.4. The Morgan fingerprint density at radius 3 is 2.38 bits per heavy atom. The molecule has 26 heavy (non-hydrogen) atoms. The lowest BCUT2D eigenvalue weighted by atomic mass is 10.1. The number of hydrogen-bond acceptors (Lipinski definition) is 4. The van der Waals surface area contributed by atoms with Gasteiger partial charge in [0.15, 0.2) is 6.54 Å². The molecule has 0 saturated heterocycles. The van der Waals surface area contributed by atoms with E-state index < -0.39 is 0 Å². The molecule has 1 amide bonds. The number of quaternary nitrogens is 1. The zero-order valence-electron chi connectivity index (χ0n) is 16.0. The van der Waals surface area contributed by atoms with Gasteiger partial charge in [-0.25, -0.2) is 0 Å². The molecule has 0 spiro atoms. The molecule has 2 aromatic rings. The predicted molar refractivity (Wildman–Crippen MR) is 101 cm³/mol. The third kappa shape index (κ3) is 5.13. The summed E-state index contributed by atoms with van der Waals surface area (Å²) in [6.07, 6.45) is 0. The van der Waals surface area contributed by atoms with Crippen LogP contribution in [-0.4, -0.2) is 40.8 Å². The number of likely N-dealkylation sites (N-methyl/N-ethyl adjacent to an activating group) is 1. The average Bonchev–Trinajstić information content (AvgIpc) is 2.62. The maximum Gasteiger partial charge on any atom is 0.279 e. The molecule has 0 aromatic heterocycles. The van der Waals surface area contributed by atoms with E-state index in [1.165, 1.54) is 5.56 Å². The number of rotatable bonds is 8. The molecule has 2 rings (SSSR count). The summed E-state index contributed by atoms with van der Waals surface area (Å²) in [5.41, 5.74) is 2.88. The van der Waals surface area contributed by atoms with Crippen molar-refractivity contribution in [2.45, 2.75) is 13.5 Å². The van der Waals surface area contributed by atoms with E-state index in [0.717, 1.165) is 16.2 Å². The Hall–Kier alpha value is -2.73. The number of aryl methyl sites for hydroxylation is 1. The maximum atomic E-state index is 12.4. The molecule has 1 atom stereocenters. The highest BCUT2D eigenvalue weighted by molar-refractivity contribution is 5.93. The molecule has 0 bridgehead atoms. The molecule has 6 nitrogen and oxygen atoms in total. The van der Waals surface area contributed by atoms with Gasteiger partial charge in [-0.3, -0.25) is 4.79 Å². The van der Waals surface area contributed by atoms with Crippen molar-refractivity contribution in [2.75, 3.05) is 40.2 Å². The lowest BCUT2D eigenvalue weighted by Crippen LogP contribution is -3.08. The van der Waals surface area contributed by atoms with Gasteiger partial charge in [0, 0.05) is 11.6 Å². The molecule has 0 aliphatic rings. The predicted octanol–water partition coefficient (Wildman–Crippen LogP) is 1.67. The van der Waals surface area contributed by atoms with Gasteiger partial charge in [-0.1, -0.05) is 11.6 Å². The van der Waals surface area contributed by atoms with Crippen molar-refractivity contribution < 1.29 is 23.9 Å². The van der Waals surface area contributed by atoms with Crippen LogP contribution in [0.3, 0.4) is 0 Å². The van der Waals surface area contributed by atoms with E-state index in [2.05, 4.69) is 11.4 Å². The first-order valence-corrected chi connectivity index (χ1v) is 8.43. The Balaban J connectivity index is 2.01. The fourth-order valence-corrected chi connectivity index (χ4v) is 2.80. The van der Waals surface area contributed by atoms with E-state index in [1.807, 2.05) is 26.1 Å². The molecular formula is C20H27N2O4+. The van der Waals surface area contributed by atoms with Crippen LogP contribution < -0.4 is 24.4 Å². The van der Waals surface area contributed by atoms with Crippen molar-refractivity contribution in [3.05, 3.63) is 47.5 Å². The van der Waals surface area contributed by atoms with Gasteiger partial charge in [-0.2, -0.15) is 0 Å². The lowest BCUT2D eigenvalue weighted by Gasteiger charge is -2.17. The van der Waals surface area contributed by atoms with Crippen LogP contribution in [0, 0.1) is 6.92 Å². The van der Waals surface area contributed by atoms with Crippen molar-refractivity contribution in [2.24, 2.45) is 0 Å². The number of amides is 1. The second kappa shape index (κ2) is 9.10. The summed E-state index contributed by atoms with van der Waals surface area (Å²) in [6.45, 7) is 3.06. The van der Waals surface area contributed by atoms with Crippen molar-refractivity contribution in [1.82, 2.24) is 0 Å². The molecule has 0 aliphatic carbocycles. The molecule has 2 aromatic carbocycles. The van der Waals surface area contributed by atoms with Crippen LogP contribution >= 0.6 is 0 Å². The van der Waals surface area contributed by atoms with Gasteiger partial charge in [-0.15, -0.1) is 0 Å². The molecule has 2 N–H and O–H groups in total. The second-order valence-electron chi connectivity index (χ2n) is 6.24. The van der Waals surface area contributed by atoms with E-state index in [9.17, 15) is 4.79 Å². The van der Waals surface area contributed by atoms with Gasteiger partial charge in [0.1, 0.15) is 23.8 Å². The quantitative estimate of drug-likeness (QED) is 0.753. The summed E-state index contributed by atoms with van der Waals surface area (Å²) >= 11 is 0. The minimum absolute atomic E-state index is 0.0856. The molecule has 6 heteroatoms. The van der Waals surface area contributed by atoms with Crippen LogP contribution in [0.25, 0.3) is 0 Å². The summed E-state index contributed by atoms with van der Waals surface area (Å²) in [6, 6.07) is 11.4. The summed E-state index contributed by atoms with van der Waals surface area (Å²) in [5.74, 6) is 2.00. The van der Waals surface area contributed by atoms with Crippen LogP contribution in [0.5, 0.6) is 17.2 Å². The van der Waals surface area contributed by atoms with Crippen LogP contribution in [0.2, 0.25) is 0 Å². The first kappa shape index (κ1) is 19.6. The Kier molecular flexibility index (Phi) is 6.86. The van der Waals surface area contributed by atoms with Crippen molar-refractivity contribution in [3.8, 4) is 17.2 Å². The number of methoxy groups -OCH3 is 3. The minimum Gasteiger partial charge on any atom is -0.497 e. The largest absolute Gasteiger partial charge is 0.497 e. The van der Waals surface area contributed by atoms with Gasteiger partial charge < -0.3 is 24.4 Å². The van der Waals surface area contributed by atoms with Gasteiger partial charge in [0.25, 0.3) is 5.91 Å². The zero-order valence-corrected chi connectivity index (χ0v) is 16.0. The molecular weight excluding hydrogens is 332 g/mol. The third-order valence-corrected chi connectivity index (χ3v) is 4.07. The monoisotopic (exact) mass is 359 g/mol. The number of nitrogens with one attached hydrogen (secondary N) is 2. The number of benzene rings is 2. The molecule has 140 valence electrons. The van der Waals surface area contributed by atoms with E-state index in [0.29, 0.717) is 30.3 Å². The van der Waals surface area contributed by atoms with Crippen LogP contribution in [-0.2, 0) is 11.3 Å². The number of ether oxygens (including phenoxy) is 3. The molecule has 0 aliphatic heterocycles. The van der Waals surface area contributed by atoms with Crippen molar-refractivity contribution in [3.63, 3.8) is 0 Å². The molecule has 0 saturated carbocycles. The Morgan fingerprint density at radius 1 is 1.00 bits per heavy atom. The van der Waals surface area contributed by atoms with Gasteiger partial charge >= 0.3 is 0 Å². The fraction of sp³-hybridized carbons (Fsp3) is 0.350. The van der Waals surface area contributed by atoms with Gasteiger partial charge in [0.05, 0.1) is 34.1 Å². The highest BCUT2D eigenvalue weighted by atomic mass is 16.5. The lowest BCUT2D eigenvalue weighted by molar-refractivity contribution is -0.885. The smallest absolute Gasteiger partial charge is 0.279 e. The summed E-state index contributed by atoms with van der Waals surface area (Å²) in [5, 5.41) is 2.90. The normalized spacial score (nSPS) is 11.6. The fourth-order valence-electron chi connectivity index (χ4n) is 2.80. The van der Waals surface area contributed by atoms with E-state index in [4.69, 9.17) is 14.2 Å². The summed E-state index contributed by atoms with van der Waals surface area (Å²) in [7, 11) is 6.79. The summed E-state index contributed by atoms with van der Waals surface area (Å²) < 4.78 is 15.9. The standard InChI is InChI=1S/C20H26N2O4/c1-14-6-9-18(25-4)15(10-14)12-22(2)13-20(23)21-17-8-7-16(24-3)11-19(17)26-5/h6-11H,12-13H2,1-5H3,(H,21,23)/p+1.